The second-order valence-corrected chi connectivity index (χ2v) is 7.70. The molecule has 0 saturated carbocycles. The highest BCUT2D eigenvalue weighted by atomic mass is 16.5. The molecule has 0 bridgehead atoms. The van der Waals surface area contributed by atoms with Gasteiger partial charge in [0, 0.05) is 12.7 Å². The van der Waals surface area contributed by atoms with Crippen molar-refractivity contribution >= 4 is 10.9 Å². The smallest absolute Gasteiger partial charge is 0.253 e. The molecule has 2 aromatic heterocycles. The third-order valence-electron chi connectivity index (χ3n) is 5.73. The summed E-state index contributed by atoms with van der Waals surface area (Å²) in [5, 5.41) is 13.4. The van der Waals surface area contributed by atoms with Gasteiger partial charge in [-0.1, -0.05) is 31.0 Å². The molecule has 0 spiro atoms. The predicted octanol–water partition coefficient (Wildman–Crippen LogP) is 2.43. The first-order valence-electron chi connectivity index (χ1n) is 10.3. The summed E-state index contributed by atoms with van der Waals surface area (Å²) in [5.41, 5.74) is 2.55. The number of aromatic amines is 1. The van der Waals surface area contributed by atoms with E-state index in [-0.39, 0.29) is 11.6 Å². The largest absolute Gasteiger partial charge is 0.383 e. The fourth-order valence-corrected chi connectivity index (χ4v) is 4.20. The highest BCUT2D eigenvalue weighted by Crippen LogP contribution is 2.29. The minimum atomic E-state index is -0.284. The predicted molar refractivity (Wildman–Crippen MR) is 111 cm³/mol. The number of rotatable bonds is 6. The van der Waals surface area contributed by atoms with Crippen molar-refractivity contribution in [2.24, 2.45) is 0 Å². The van der Waals surface area contributed by atoms with Gasteiger partial charge < -0.3 is 9.72 Å². The molecule has 29 heavy (non-hydrogen) atoms. The van der Waals surface area contributed by atoms with Crippen molar-refractivity contribution < 1.29 is 4.74 Å². The molecule has 0 unspecified atom stereocenters. The van der Waals surface area contributed by atoms with Crippen molar-refractivity contribution in [3.63, 3.8) is 0 Å². The van der Waals surface area contributed by atoms with E-state index in [9.17, 15) is 4.79 Å². The van der Waals surface area contributed by atoms with Gasteiger partial charge in [-0.2, -0.15) is 0 Å². The maximum Gasteiger partial charge on any atom is 0.253 e. The summed E-state index contributed by atoms with van der Waals surface area (Å²) in [5.74, 6) is 0.696. The summed E-state index contributed by atoms with van der Waals surface area (Å²) in [7, 11) is 1.66. The first-order valence-corrected chi connectivity index (χ1v) is 10.3. The molecule has 3 aromatic rings. The van der Waals surface area contributed by atoms with Gasteiger partial charge in [0.1, 0.15) is 6.04 Å². The summed E-state index contributed by atoms with van der Waals surface area (Å²) < 4.78 is 6.98. The second-order valence-electron chi connectivity index (χ2n) is 7.70. The fraction of sp³-hybridized carbons (Fsp3) is 0.524. The number of aryl methyl sites for hydroxylation is 1. The third-order valence-corrected chi connectivity index (χ3v) is 5.73. The number of nitrogens with zero attached hydrogens (tertiary/aromatic N) is 5. The molecule has 0 radical (unpaired) electrons. The van der Waals surface area contributed by atoms with Crippen molar-refractivity contribution in [3.8, 4) is 0 Å². The number of fused-ring (bicyclic) bond motifs is 1. The average molecular weight is 396 g/mol. The van der Waals surface area contributed by atoms with Crippen LogP contribution in [0.15, 0.2) is 29.1 Å². The Bertz CT molecular complexity index is 1020. The van der Waals surface area contributed by atoms with Crippen LogP contribution in [0.3, 0.4) is 0 Å². The maximum absolute atomic E-state index is 13.2. The van der Waals surface area contributed by atoms with Crippen LogP contribution in [-0.2, 0) is 11.3 Å². The van der Waals surface area contributed by atoms with Gasteiger partial charge in [0.15, 0.2) is 5.82 Å². The number of nitrogens with one attached hydrogen (secondary N) is 1. The van der Waals surface area contributed by atoms with E-state index >= 15 is 0 Å². The Hall–Kier alpha value is -2.58. The topological polar surface area (TPSA) is 88.9 Å². The summed E-state index contributed by atoms with van der Waals surface area (Å²) >= 11 is 0. The molecule has 154 valence electrons. The van der Waals surface area contributed by atoms with Crippen LogP contribution < -0.4 is 5.56 Å². The van der Waals surface area contributed by atoms with Crippen LogP contribution in [0.5, 0.6) is 0 Å². The van der Waals surface area contributed by atoms with Crippen LogP contribution in [0.1, 0.15) is 48.7 Å². The van der Waals surface area contributed by atoms with Gasteiger partial charge in [0.05, 0.1) is 18.7 Å². The van der Waals surface area contributed by atoms with Gasteiger partial charge in [-0.15, -0.1) is 5.10 Å². The Kier molecular flexibility index (Phi) is 6.01. The van der Waals surface area contributed by atoms with Gasteiger partial charge in [-0.25, -0.2) is 4.68 Å². The minimum Gasteiger partial charge on any atom is -0.383 e. The number of methoxy groups -OCH3 is 1. The summed E-state index contributed by atoms with van der Waals surface area (Å²) in [4.78, 5) is 18.6. The zero-order chi connectivity index (χ0) is 20.2. The number of ether oxygens (including phenoxy) is 1. The zero-order valence-electron chi connectivity index (χ0n) is 17.1. The summed E-state index contributed by atoms with van der Waals surface area (Å²) in [6, 6.07) is 7.79. The molecule has 1 aliphatic heterocycles. The Balaban J connectivity index is 1.84. The number of H-pyrrole nitrogens is 1. The van der Waals surface area contributed by atoms with Crippen LogP contribution >= 0.6 is 0 Å². The average Bonchev–Trinajstić information content (AvgIpc) is 3.00. The monoisotopic (exact) mass is 396 g/mol. The van der Waals surface area contributed by atoms with Gasteiger partial charge in [-0.3, -0.25) is 9.69 Å². The maximum atomic E-state index is 13.2. The molecule has 0 amide bonds. The Morgan fingerprint density at radius 1 is 1.21 bits per heavy atom. The van der Waals surface area contributed by atoms with Crippen LogP contribution in [0.4, 0.5) is 0 Å². The van der Waals surface area contributed by atoms with Crippen molar-refractivity contribution in [1.29, 1.82) is 0 Å². The SMILES string of the molecule is COCCn1nnnc1[C@@H](c1cc2cccc(C)c2[nH]c1=O)N1CCCCCC1. The van der Waals surface area contributed by atoms with Crippen molar-refractivity contribution in [2.75, 3.05) is 26.8 Å². The molecule has 1 atom stereocenters. The molecule has 1 aliphatic rings. The van der Waals surface area contributed by atoms with E-state index in [0.717, 1.165) is 42.4 Å². The highest BCUT2D eigenvalue weighted by molar-refractivity contribution is 5.82. The molecular formula is C21H28N6O2. The molecule has 1 saturated heterocycles. The quantitative estimate of drug-likeness (QED) is 0.688. The summed E-state index contributed by atoms with van der Waals surface area (Å²) in [6.45, 7) is 4.92. The lowest BCUT2D eigenvalue weighted by atomic mass is 10.0. The Morgan fingerprint density at radius 3 is 2.76 bits per heavy atom. The summed E-state index contributed by atoms with van der Waals surface area (Å²) in [6.07, 6.45) is 4.65. The van der Waals surface area contributed by atoms with E-state index in [1.54, 1.807) is 11.8 Å². The molecule has 1 aromatic carbocycles. The number of hydrogen-bond acceptors (Lipinski definition) is 6. The minimum absolute atomic E-state index is 0.0812. The Labute approximate surface area is 169 Å². The van der Waals surface area contributed by atoms with Gasteiger partial charge in [0.2, 0.25) is 0 Å². The molecule has 8 heteroatoms. The third kappa shape index (κ3) is 4.09. The van der Waals surface area contributed by atoms with Gasteiger partial charge in [0.25, 0.3) is 5.56 Å². The number of aromatic nitrogens is 5. The van der Waals surface area contributed by atoms with E-state index in [0.29, 0.717) is 24.5 Å². The van der Waals surface area contributed by atoms with E-state index < -0.39 is 0 Å². The molecule has 1 N–H and O–H groups in total. The number of tetrazole rings is 1. The lowest BCUT2D eigenvalue weighted by Gasteiger charge is -2.29. The van der Waals surface area contributed by atoms with Crippen molar-refractivity contribution in [3.05, 3.63) is 51.6 Å². The van der Waals surface area contributed by atoms with Crippen LogP contribution in [0.2, 0.25) is 0 Å². The van der Waals surface area contributed by atoms with Gasteiger partial charge >= 0.3 is 0 Å². The highest BCUT2D eigenvalue weighted by Gasteiger charge is 2.30. The van der Waals surface area contributed by atoms with E-state index in [4.69, 9.17) is 4.74 Å². The molecule has 8 nitrogen and oxygen atoms in total. The lowest BCUT2D eigenvalue weighted by Crippen LogP contribution is -2.36. The van der Waals surface area contributed by atoms with E-state index in [2.05, 4.69) is 25.4 Å². The molecule has 3 heterocycles. The van der Waals surface area contributed by atoms with Crippen LogP contribution in [-0.4, -0.2) is 56.9 Å². The normalized spacial score (nSPS) is 16.8. The second kappa shape index (κ2) is 8.84. The van der Waals surface area contributed by atoms with E-state index in [1.165, 1.54) is 12.8 Å². The lowest BCUT2D eigenvalue weighted by molar-refractivity contribution is 0.175. The first kappa shape index (κ1) is 19.7. The molecule has 1 fully saturated rings. The van der Waals surface area contributed by atoms with Crippen molar-refractivity contribution in [1.82, 2.24) is 30.1 Å². The van der Waals surface area contributed by atoms with Crippen molar-refractivity contribution in [2.45, 2.75) is 45.2 Å². The standard InChI is InChI=1S/C21H28N6O2/c1-15-8-7-9-16-14-17(21(28)22-18(15)16)19(26-10-5-3-4-6-11-26)20-23-24-25-27(20)12-13-29-2/h7-9,14,19H,3-6,10-13H2,1-2H3,(H,22,28)/t19-/m1/s1. The number of hydrogen-bond donors (Lipinski definition) is 1. The Morgan fingerprint density at radius 2 is 2.00 bits per heavy atom. The van der Waals surface area contributed by atoms with Crippen LogP contribution in [0, 0.1) is 6.92 Å². The number of para-hydroxylation sites is 1. The number of pyridine rings is 1. The first-order chi connectivity index (χ1) is 14.2. The number of benzene rings is 1. The fourth-order valence-electron chi connectivity index (χ4n) is 4.20. The number of likely N-dealkylation sites (tertiary alicyclic amines) is 1. The molecular weight excluding hydrogens is 368 g/mol. The van der Waals surface area contributed by atoms with Gasteiger partial charge in [-0.05, 0) is 60.3 Å². The molecule has 0 aliphatic carbocycles. The van der Waals surface area contributed by atoms with Crippen LogP contribution in [0.25, 0.3) is 10.9 Å². The zero-order valence-corrected chi connectivity index (χ0v) is 17.1. The van der Waals surface area contributed by atoms with E-state index in [1.807, 2.05) is 31.2 Å². The molecule has 4 rings (SSSR count).